The zero-order chi connectivity index (χ0) is 34.0. The Balaban J connectivity index is 1.59. The van der Waals surface area contributed by atoms with Crippen molar-refractivity contribution in [3.8, 4) is 34.1 Å². The van der Waals surface area contributed by atoms with Gasteiger partial charge < -0.3 is 29.2 Å². The predicted molar refractivity (Wildman–Crippen MR) is 172 cm³/mol. The molecule has 242 valence electrons. The van der Waals surface area contributed by atoms with Crippen LogP contribution in [0.2, 0.25) is 0 Å². The summed E-state index contributed by atoms with van der Waals surface area (Å²) in [6, 6.07) is 17.7. The Morgan fingerprint density at radius 2 is 1.57 bits per heavy atom. The van der Waals surface area contributed by atoms with Gasteiger partial charge in [0.2, 0.25) is 0 Å². The van der Waals surface area contributed by atoms with Crippen LogP contribution in [0.4, 0.5) is 22.7 Å². The molecule has 0 aromatic heterocycles. The van der Waals surface area contributed by atoms with E-state index >= 15 is 0 Å². The first kappa shape index (κ1) is 32.2. The summed E-state index contributed by atoms with van der Waals surface area (Å²) in [7, 11) is 4.49. The van der Waals surface area contributed by atoms with Crippen molar-refractivity contribution in [1.29, 1.82) is 0 Å². The van der Waals surface area contributed by atoms with Crippen LogP contribution >= 0.6 is 0 Å². The number of fused-ring (bicyclic) bond motifs is 1. The number of nitro groups is 2. The minimum atomic E-state index is -0.922. The highest BCUT2D eigenvalue weighted by molar-refractivity contribution is 6.09. The molecule has 4 aromatic carbocycles. The molecule has 0 spiro atoms. The zero-order valence-electron chi connectivity index (χ0n) is 26.1. The van der Waals surface area contributed by atoms with Crippen molar-refractivity contribution < 1.29 is 38.4 Å². The number of anilines is 2. The number of benzene rings is 4. The van der Waals surface area contributed by atoms with E-state index in [0.717, 1.165) is 0 Å². The van der Waals surface area contributed by atoms with Crippen molar-refractivity contribution in [2.24, 2.45) is 0 Å². The van der Waals surface area contributed by atoms with Crippen molar-refractivity contribution in [1.82, 2.24) is 0 Å². The van der Waals surface area contributed by atoms with Crippen LogP contribution in [0.5, 0.6) is 23.0 Å². The molecule has 1 N–H and O–H groups in total. The van der Waals surface area contributed by atoms with Gasteiger partial charge in [-0.15, -0.1) is 0 Å². The van der Waals surface area contributed by atoms with Crippen molar-refractivity contribution in [3.05, 3.63) is 104 Å². The molecule has 4 aromatic rings. The number of ether oxygens (including phenoxy) is 4. The number of nitrogens with zero attached hydrogens (tertiary/aromatic N) is 3. The first-order chi connectivity index (χ1) is 22.4. The summed E-state index contributed by atoms with van der Waals surface area (Å²) in [4.78, 5) is 49.5. The highest BCUT2D eigenvalue weighted by Crippen LogP contribution is 2.45. The smallest absolute Gasteiger partial charge is 0.350 e. The lowest BCUT2D eigenvalue weighted by Gasteiger charge is -2.39. The number of amides is 1. The van der Waals surface area contributed by atoms with Gasteiger partial charge in [-0.1, -0.05) is 18.2 Å². The molecule has 0 radical (unpaired) electrons. The number of likely N-dealkylation sites (N-methyl/N-ethyl adjacent to an activating group) is 1. The normalized spacial score (nSPS) is 13.2. The van der Waals surface area contributed by atoms with E-state index in [9.17, 15) is 29.8 Å². The van der Waals surface area contributed by atoms with Gasteiger partial charge in [0, 0.05) is 36.4 Å². The standard InChI is InChI=1S/C33H30N4O10/c1-33(2)32(39)35(3)30-24(18-46-29-16-19(36(40)41)10-15-27(29)44-4)21(13-14-25(30)34-33)22-12-11-20(17-28(22)45-5)47-31(38)23-8-6-7-9-26(23)37(42)43/h6-17,34H,18H2,1-5H3. The maximum absolute atomic E-state index is 13.4. The Morgan fingerprint density at radius 1 is 0.872 bits per heavy atom. The van der Waals surface area contributed by atoms with Crippen molar-refractivity contribution in [2.75, 3.05) is 31.5 Å². The third kappa shape index (κ3) is 6.20. The molecule has 0 bridgehead atoms. The van der Waals surface area contributed by atoms with Crippen molar-refractivity contribution in [2.45, 2.75) is 26.0 Å². The third-order valence-corrected chi connectivity index (χ3v) is 7.63. The molecule has 0 aliphatic carbocycles. The molecule has 1 aliphatic rings. The minimum Gasteiger partial charge on any atom is -0.496 e. The van der Waals surface area contributed by atoms with E-state index in [1.54, 1.807) is 27.0 Å². The van der Waals surface area contributed by atoms with Crippen LogP contribution in [-0.4, -0.2) is 48.5 Å². The van der Waals surface area contributed by atoms with E-state index in [4.69, 9.17) is 18.9 Å². The van der Waals surface area contributed by atoms with Crippen LogP contribution in [-0.2, 0) is 11.4 Å². The quantitative estimate of drug-likeness (QED) is 0.0909. The Kier molecular flexibility index (Phi) is 8.69. The second-order valence-electron chi connectivity index (χ2n) is 11.0. The Hall–Kier alpha value is -6.18. The van der Waals surface area contributed by atoms with Gasteiger partial charge in [0.05, 0.1) is 41.5 Å². The molecule has 0 fully saturated rings. The van der Waals surface area contributed by atoms with Gasteiger partial charge in [-0.2, -0.15) is 0 Å². The second-order valence-corrected chi connectivity index (χ2v) is 11.0. The van der Waals surface area contributed by atoms with Gasteiger partial charge >= 0.3 is 5.97 Å². The van der Waals surface area contributed by atoms with Crippen LogP contribution in [0.25, 0.3) is 11.1 Å². The molecule has 1 aliphatic heterocycles. The van der Waals surface area contributed by atoms with Crippen LogP contribution < -0.4 is 29.2 Å². The number of hydrogen-bond acceptors (Lipinski definition) is 11. The van der Waals surface area contributed by atoms with Gasteiger partial charge in [0.25, 0.3) is 17.3 Å². The molecule has 0 saturated heterocycles. The number of rotatable bonds is 10. The Bertz CT molecular complexity index is 1920. The van der Waals surface area contributed by atoms with E-state index in [1.165, 1.54) is 73.7 Å². The number of esters is 1. The fraction of sp³-hybridized carbons (Fsp3) is 0.212. The minimum absolute atomic E-state index is 0.0709. The lowest BCUT2D eigenvalue weighted by molar-refractivity contribution is -0.385. The monoisotopic (exact) mass is 642 g/mol. The summed E-state index contributed by atoms with van der Waals surface area (Å²) in [5.41, 5.74) is 1.13. The maximum atomic E-state index is 13.4. The molecule has 14 nitrogen and oxygen atoms in total. The number of methoxy groups -OCH3 is 2. The third-order valence-electron chi connectivity index (χ3n) is 7.63. The predicted octanol–water partition coefficient (Wildman–Crippen LogP) is 6.15. The van der Waals surface area contributed by atoms with Gasteiger partial charge in [-0.3, -0.25) is 25.0 Å². The van der Waals surface area contributed by atoms with E-state index in [2.05, 4.69) is 5.32 Å². The molecule has 0 unspecified atom stereocenters. The largest absolute Gasteiger partial charge is 0.496 e. The lowest BCUT2D eigenvalue weighted by Crippen LogP contribution is -2.52. The topological polar surface area (TPSA) is 173 Å². The van der Waals surface area contributed by atoms with Gasteiger partial charge in [-0.05, 0) is 49.7 Å². The molecule has 1 amide bonds. The number of carbonyl (C=O) groups is 2. The summed E-state index contributed by atoms with van der Waals surface area (Å²) < 4.78 is 22.7. The van der Waals surface area contributed by atoms with E-state index in [1.807, 2.05) is 12.1 Å². The lowest BCUT2D eigenvalue weighted by atomic mass is 9.91. The summed E-state index contributed by atoms with van der Waals surface area (Å²) in [5.74, 6) is -0.387. The fourth-order valence-corrected chi connectivity index (χ4v) is 5.40. The van der Waals surface area contributed by atoms with Crippen LogP contribution in [0, 0.1) is 20.2 Å². The van der Waals surface area contributed by atoms with Crippen LogP contribution in [0.15, 0.2) is 72.8 Å². The van der Waals surface area contributed by atoms with Gasteiger partial charge in [0.15, 0.2) is 11.5 Å². The summed E-state index contributed by atoms with van der Waals surface area (Å²) in [5, 5.41) is 26.2. The molecular formula is C33H30N4O10. The average molecular weight is 643 g/mol. The van der Waals surface area contributed by atoms with Gasteiger partial charge in [0.1, 0.15) is 29.2 Å². The summed E-state index contributed by atoms with van der Waals surface area (Å²) >= 11 is 0. The zero-order valence-corrected chi connectivity index (χ0v) is 26.1. The molecule has 1 heterocycles. The molecule has 5 rings (SSSR count). The highest BCUT2D eigenvalue weighted by Gasteiger charge is 2.39. The SMILES string of the molecule is COc1ccc([N+](=O)[O-])cc1OCc1c(-c2ccc(OC(=O)c3ccccc3[N+](=O)[O-])cc2OC)ccc2c1N(C)C(=O)C(C)(C)N2. The molecule has 0 atom stereocenters. The Labute approximate surface area is 268 Å². The second kappa shape index (κ2) is 12.7. The Morgan fingerprint density at radius 3 is 2.26 bits per heavy atom. The number of nitrogens with one attached hydrogen (secondary N) is 1. The molecular weight excluding hydrogens is 612 g/mol. The first-order valence-corrected chi connectivity index (χ1v) is 14.2. The number of non-ortho nitro benzene ring substituents is 1. The summed E-state index contributed by atoms with van der Waals surface area (Å²) in [6.07, 6.45) is 0. The van der Waals surface area contributed by atoms with Crippen molar-refractivity contribution in [3.63, 3.8) is 0 Å². The molecule has 14 heteroatoms. The maximum Gasteiger partial charge on any atom is 0.350 e. The average Bonchev–Trinajstić information content (AvgIpc) is 3.05. The van der Waals surface area contributed by atoms with E-state index < -0.39 is 27.0 Å². The number of nitro benzene ring substituents is 2. The first-order valence-electron chi connectivity index (χ1n) is 14.2. The van der Waals surface area contributed by atoms with Crippen molar-refractivity contribution >= 4 is 34.6 Å². The van der Waals surface area contributed by atoms with Crippen LogP contribution in [0.1, 0.15) is 29.8 Å². The van der Waals surface area contributed by atoms with Crippen LogP contribution in [0.3, 0.4) is 0 Å². The molecule has 47 heavy (non-hydrogen) atoms. The van der Waals surface area contributed by atoms with E-state index in [0.29, 0.717) is 28.1 Å². The summed E-state index contributed by atoms with van der Waals surface area (Å²) in [6.45, 7) is 3.38. The fourth-order valence-electron chi connectivity index (χ4n) is 5.40. The molecule has 0 saturated carbocycles. The number of carbonyl (C=O) groups excluding carboxylic acids is 2. The van der Waals surface area contributed by atoms with E-state index in [-0.39, 0.29) is 46.8 Å². The number of hydrogen-bond donors (Lipinski definition) is 1. The van der Waals surface area contributed by atoms with Gasteiger partial charge in [-0.25, -0.2) is 4.79 Å². The number of para-hydroxylation sites is 1. The highest BCUT2D eigenvalue weighted by atomic mass is 16.6.